The number of phenolic OH excluding ortho intramolecular Hbond substituents is 1. The Morgan fingerprint density at radius 3 is 1.22 bits per heavy atom. The number of nitrogens with two attached hydrogens (primary N) is 1. The number of anilines is 1. The van der Waals surface area contributed by atoms with Gasteiger partial charge in [-0.2, -0.15) is 0 Å². The molecule has 174 valence electrons. The molecule has 0 fully saturated rings. The van der Waals surface area contributed by atoms with Crippen LogP contribution in [0.4, 0.5) is 5.69 Å². The minimum Gasteiger partial charge on any atom is -0.508 e. The molecule has 0 unspecified atom stereocenters. The summed E-state index contributed by atoms with van der Waals surface area (Å²) in [4.78, 5) is 0. The topological polar surface area (TPSA) is 46.2 Å². The minimum atomic E-state index is 0.124. The summed E-state index contributed by atoms with van der Waals surface area (Å²) in [5.74, 6) is 0.345. The first-order valence-electron chi connectivity index (χ1n) is 11.3. The maximum absolute atomic E-state index is 9.18. The number of hydrogen-bond acceptors (Lipinski definition) is 2. The number of nitrogen functional groups attached to an aromatic ring is 1. The van der Waals surface area contributed by atoms with Crippen LogP contribution < -0.4 is 5.73 Å². The smallest absolute Gasteiger partial charge is 0.115 e. The Morgan fingerprint density at radius 2 is 0.906 bits per heavy atom. The lowest BCUT2D eigenvalue weighted by Crippen LogP contribution is -2.10. The van der Waals surface area contributed by atoms with Gasteiger partial charge in [0.2, 0.25) is 0 Å². The Balaban J connectivity index is 0.000000240. The molecule has 2 nitrogen and oxygen atoms in total. The Hall–Kier alpha value is -2.74. The zero-order valence-electron chi connectivity index (χ0n) is 21.5. The molecule has 0 saturated heterocycles. The second-order valence-electron chi connectivity index (χ2n) is 11.3. The zero-order valence-corrected chi connectivity index (χ0v) is 21.5. The van der Waals surface area contributed by atoms with E-state index in [0.29, 0.717) is 11.2 Å². The van der Waals surface area contributed by atoms with E-state index < -0.39 is 0 Å². The normalized spacial score (nSPS) is 11.5. The summed E-state index contributed by atoms with van der Waals surface area (Å²) < 4.78 is 0. The van der Waals surface area contributed by atoms with Gasteiger partial charge < -0.3 is 10.8 Å². The van der Waals surface area contributed by atoms with E-state index in [1.165, 1.54) is 11.1 Å². The van der Waals surface area contributed by atoms with Crippen molar-refractivity contribution in [3.05, 3.63) is 95.6 Å². The van der Waals surface area contributed by atoms with Gasteiger partial charge in [0.15, 0.2) is 0 Å². The number of rotatable bonds is 0. The highest BCUT2D eigenvalue weighted by atomic mass is 16.3. The Kier molecular flexibility index (Phi) is 9.57. The summed E-state index contributed by atoms with van der Waals surface area (Å²) in [6.45, 7) is 19.6. The first kappa shape index (κ1) is 27.3. The molecule has 3 rings (SSSR count). The van der Waals surface area contributed by atoms with E-state index in [2.05, 4.69) is 98.7 Å². The second kappa shape index (κ2) is 11.2. The van der Waals surface area contributed by atoms with Gasteiger partial charge in [-0.1, -0.05) is 117 Å². The lowest BCUT2D eigenvalue weighted by atomic mass is 9.87. The fourth-order valence-electron chi connectivity index (χ4n) is 2.92. The van der Waals surface area contributed by atoms with E-state index in [4.69, 9.17) is 5.73 Å². The molecule has 0 aliphatic carbocycles. The van der Waals surface area contributed by atoms with E-state index in [-0.39, 0.29) is 10.8 Å². The van der Waals surface area contributed by atoms with Crippen molar-refractivity contribution in [2.45, 2.75) is 78.6 Å². The van der Waals surface area contributed by atoms with Gasteiger partial charge in [-0.25, -0.2) is 0 Å². The molecule has 3 N–H and O–H groups in total. The average molecular weight is 434 g/mol. The fourth-order valence-corrected chi connectivity index (χ4v) is 2.92. The predicted molar refractivity (Wildman–Crippen MR) is 142 cm³/mol. The van der Waals surface area contributed by atoms with Crippen molar-refractivity contribution in [2.24, 2.45) is 0 Å². The molecule has 3 aromatic rings. The van der Waals surface area contributed by atoms with E-state index in [1.54, 1.807) is 12.1 Å². The molecule has 0 amide bonds. The van der Waals surface area contributed by atoms with Gasteiger partial charge >= 0.3 is 0 Å². The van der Waals surface area contributed by atoms with Crippen molar-refractivity contribution in [2.75, 3.05) is 5.73 Å². The number of aromatic hydroxyl groups is 1. The quantitative estimate of drug-likeness (QED) is 0.351. The molecule has 32 heavy (non-hydrogen) atoms. The molecular weight excluding hydrogens is 390 g/mol. The Morgan fingerprint density at radius 1 is 0.500 bits per heavy atom. The molecule has 0 bridgehead atoms. The van der Waals surface area contributed by atoms with E-state index >= 15 is 0 Å². The maximum atomic E-state index is 9.18. The third kappa shape index (κ3) is 10.0. The van der Waals surface area contributed by atoms with E-state index in [9.17, 15) is 5.11 Å². The van der Waals surface area contributed by atoms with Crippen LogP contribution in [0, 0.1) is 0 Å². The Bertz CT molecular complexity index is 883. The number of hydrogen-bond donors (Lipinski definition) is 2. The first-order valence-corrected chi connectivity index (χ1v) is 11.3. The van der Waals surface area contributed by atoms with Gasteiger partial charge in [0.05, 0.1) is 0 Å². The SMILES string of the molecule is CC(C)(C)c1cccc(N)c1.CC(C)(C)c1cccc(O)c1.CC(C)(C)c1ccccc1. The van der Waals surface area contributed by atoms with Gasteiger partial charge in [-0.3, -0.25) is 0 Å². The van der Waals surface area contributed by atoms with Gasteiger partial charge in [-0.05, 0) is 57.2 Å². The first-order chi connectivity index (χ1) is 14.6. The van der Waals surface area contributed by atoms with Crippen LogP contribution in [0.2, 0.25) is 0 Å². The van der Waals surface area contributed by atoms with Crippen LogP contribution in [-0.4, -0.2) is 5.11 Å². The van der Waals surface area contributed by atoms with Crippen LogP contribution in [0.25, 0.3) is 0 Å². The average Bonchev–Trinajstić information content (AvgIpc) is 2.68. The molecule has 0 atom stereocenters. The lowest BCUT2D eigenvalue weighted by Gasteiger charge is -2.18. The van der Waals surface area contributed by atoms with Crippen LogP contribution in [0.15, 0.2) is 78.9 Å². The lowest BCUT2D eigenvalue weighted by molar-refractivity contribution is 0.471. The van der Waals surface area contributed by atoms with Crippen LogP contribution >= 0.6 is 0 Å². The molecule has 0 radical (unpaired) electrons. The molecule has 2 heteroatoms. The highest BCUT2D eigenvalue weighted by molar-refractivity contribution is 5.42. The molecule has 0 aliphatic rings. The molecule has 0 saturated carbocycles. The number of phenols is 1. The largest absolute Gasteiger partial charge is 0.508 e. The third-order valence-corrected chi connectivity index (χ3v) is 5.10. The van der Waals surface area contributed by atoms with Crippen LogP contribution in [0.1, 0.15) is 79.0 Å². The van der Waals surface area contributed by atoms with Crippen molar-refractivity contribution in [3.63, 3.8) is 0 Å². The van der Waals surface area contributed by atoms with Crippen molar-refractivity contribution in [1.29, 1.82) is 0 Å². The molecule has 0 heterocycles. The molecule has 0 spiro atoms. The summed E-state index contributed by atoms with van der Waals surface area (Å²) in [6, 6.07) is 26.0. The second-order valence-corrected chi connectivity index (χ2v) is 11.3. The predicted octanol–water partition coefficient (Wildman–Crippen LogP) is 8.24. The Labute approximate surface area is 196 Å². The van der Waals surface area contributed by atoms with Crippen LogP contribution in [0.3, 0.4) is 0 Å². The van der Waals surface area contributed by atoms with Gasteiger partial charge in [0.25, 0.3) is 0 Å². The summed E-state index contributed by atoms with van der Waals surface area (Å²) in [7, 11) is 0. The van der Waals surface area contributed by atoms with Gasteiger partial charge in [-0.15, -0.1) is 0 Å². The standard InChI is InChI=1S/C10H15N.C10H14O.C10H14/c2*1-10(2,3)8-5-4-6-9(11)7-8;1-10(2,3)9-7-5-4-6-8-9/h4-7H,11H2,1-3H3;4-7,11H,1-3H3;4-8H,1-3H3. The van der Waals surface area contributed by atoms with E-state index in [1.807, 2.05) is 30.3 Å². The van der Waals surface area contributed by atoms with Crippen molar-refractivity contribution >= 4 is 5.69 Å². The molecule has 3 aromatic carbocycles. The monoisotopic (exact) mass is 433 g/mol. The fraction of sp³-hybridized carbons (Fsp3) is 0.400. The molecular formula is C30H43NO. The summed E-state index contributed by atoms with van der Waals surface area (Å²) in [5, 5.41) is 9.18. The van der Waals surface area contributed by atoms with Crippen molar-refractivity contribution < 1.29 is 5.11 Å². The summed E-state index contributed by atoms with van der Waals surface area (Å²) in [6.07, 6.45) is 0. The highest BCUT2D eigenvalue weighted by Gasteiger charge is 2.13. The summed E-state index contributed by atoms with van der Waals surface area (Å²) in [5.41, 5.74) is 11.0. The third-order valence-electron chi connectivity index (χ3n) is 5.10. The van der Waals surface area contributed by atoms with E-state index in [0.717, 1.165) is 11.3 Å². The molecule has 0 aromatic heterocycles. The van der Waals surface area contributed by atoms with Gasteiger partial charge in [0.1, 0.15) is 5.75 Å². The summed E-state index contributed by atoms with van der Waals surface area (Å²) >= 11 is 0. The molecule has 0 aliphatic heterocycles. The highest BCUT2D eigenvalue weighted by Crippen LogP contribution is 2.25. The number of benzene rings is 3. The van der Waals surface area contributed by atoms with Crippen LogP contribution in [-0.2, 0) is 16.2 Å². The van der Waals surface area contributed by atoms with Crippen molar-refractivity contribution in [3.8, 4) is 5.75 Å². The van der Waals surface area contributed by atoms with Gasteiger partial charge in [0, 0.05) is 5.69 Å². The zero-order chi connectivity index (χ0) is 24.6. The minimum absolute atomic E-state index is 0.124. The van der Waals surface area contributed by atoms with Crippen molar-refractivity contribution in [1.82, 2.24) is 0 Å². The maximum Gasteiger partial charge on any atom is 0.115 e. The van der Waals surface area contributed by atoms with Crippen LogP contribution in [0.5, 0.6) is 5.75 Å².